The van der Waals surface area contributed by atoms with E-state index in [-0.39, 0.29) is 6.09 Å². The van der Waals surface area contributed by atoms with Crippen LogP contribution in [-0.2, 0) is 11.2 Å². The highest BCUT2D eigenvalue weighted by Gasteiger charge is 2.27. The summed E-state index contributed by atoms with van der Waals surface area (Å²) in [6, 6.07) is 7.63. The maximum atomic E-state index is 12.3. The van der Waals surface area contributed by atoms with Crippen LogP contribution in [-0.4, -0.2) is 44.6 Å². The summed E-state index contributed by atoms with van der Waals surface area (Å²) in [5, 5.41) is 3.19. The second-order valence-electron chi connectivity index (χ2n) is 7.87. The van der Waals surface area contributed by atoms with Gasteiger partial charge in [-0.05, 0) is 58.1 Å². The minimum atomic E-state index is -0.470. The van der Waals surface area contributed by atoms with Gasteiger partial charge in [0.2, 0.25) is 0 Å². The number of likely N-dealkylation sites (tertiary alicyclic amines) is 1. The minimum Gasteiger partial charge on any atom is -0.444 e. The van der Waals surface area contributed by atoms with Crippen molar-refractivity contribution in [2.45, 2.75) is 45.6 Å². The Morgan fingerprint density at radius 1 is 1.26 bits per heavy atom. The molecule has 0 radical (unpaired) electrons. The van der Waals surface area contributed by atoms with E-state index in [9.17, 15) is 4.79 Å². The summed E-state index contributed by atoms with van der Waals surface area (Å²) in [4.78, 5) is 27.1. The minimum absolute atomic E-state index is 0.229. The number of piperidine rings is 1. The third-order valence-electron chi connectivity index (χ3n) is 4.31. The van der Waals surface area contributed by atoms with Crippen molar-refractivity contribution in [3.8, 4) is 0 Å². The molecule has 1 fully saturated rings. The van der Waals surface area contributed by atoms with Crippen LogP contribution in [0.25, 0.3) is 0 Å². The molecule has 3 rings (SSSR count). The largest absolute Gasteiger partial charge is 0.444 e. The van der Waals surface area contributed by atoms with Gasteiger partial charge in [0.1, 0.15) is 23.6 Å². The highest BCUT2D eigenvalue weighted by atomic mass is 16.6. The van der Waals surface area contributed by atoms with E-state index in [1.165, 1.54) is 0 Å². The van der Waals surface area contributed by atoms with Gasteiger partial charge in [0.25, 0.3) is 0 Å². The molecule has 0 aromatic carbocycles. The Balaban J connectivity index is 1.60. The lowest BCUT2D eigenvalue weighted by molar-refractivity contribution is 0.0165. The number of hydrogen-bond donors (Lipinski definition) is 1. The Labute approximate surface area is 160 Å². The molecule has 3 heterocycles. The Morgan fingerprint density at radius 2 is 2.11 bits per heavy atom. The first kappa shape index (κ1) is 19.1. The predicted octanol–water partition coefficient (Wildman–Crippen LogP) is 3.80. The molecule has 27 heavy (non-hydrogen) atoms. The zero-order chi connectivity index (χ0) is 19.3. The van der Waals surface area contributed by atoms with Gasteiger partial charge in [-0.1, -0.05) is 6.07 Å². The molecule has 1 aliphatic heterocycles. The van der Waals surface area contributed by atoms with E-state index in [0.717, 1.165) is 43.1 Å². The maximum Gasteiger partial charge on any atom is 0.410 e. The van der Waals surface area contributed by atoms with E-state index in [2.05, 4.69) is 20.3 Å². The van der Waals surface area contributed by atoms with Crippen LogP contribution in [0, 0.1) is 5.92 Å². The lowest BCUT2D eigenvalue weighted by atomic mass is 9.93. The normalized spacial score (nSPS) is 17.4. The second kappa shape index (κ2) is 8.33. The number of nitrogens with zero attached hydrogens (tertiary/aromatic N) is 4. The van der Waals surface area contributed by atoms with Gasteiger partial charge in [0.15, 0.2) is 0 Å². The second-order valence-corrected chi connectivity index (χ2v) is 7.87. The van der Waals surface area contributed by atoms with Crippen LogP contribution in [0.5, 0.6) is 0 Å². The number of carbonyl (C=O) groups is 1. The van der Waals surface area contributed by atoms with E-state index in [0.29, 0.717) is 12.5 Å². The van der Waals surface area contributed by atoms with Crippen LogP contribution in [0.4, 0.5) is 16.4 Å². The number of hydrogen-bond acceptors (Lipinski definition) is 6. The van der Waals surface area contributed by atoms with Gasteiger partial charge < -0.3 is 15.0 Å². The first-order chi connectivity index (χ1) is 12.9. The molecule has 1 N–H and O–H groups in total. The van der Waals surface area contributed by atoms with Crippen molar-refractivity contribution in [1.29, 1.82) is 0 Å². The highest BCUT2D eigenvalue weighted by Crippen LogP contribution is 2.23. The van der Waals surface area contributed by atoms with Gasteiger partial charge in [-0.3, -0.25) is 0 Å². The van der Waals surface area contributed by atoms with Gasteiger partial charge in [-0.15, -0.1) is 0 Å². The standard InChI is InChI=1S/C20H27N5O2/c1-20(2,3)27-19(26)25-10-6-7-15(13-25)11-16-12-18(23-14-22-16)24-17-8-4-5-9-21-17/h4-5,8-9,12,14-15H,6-7,10-11,13H2,1-3H3,(H,21,22,23,24)/t15-/m0/s1. The molecule has 0 saturated carbocycles. The molecule has 2 aromatic heterocycles. The molecular weight excluding hydrogens is 342 g/mol. The van der Waals surface area contributed by atoms with Gasteiger partial charge >= 0.3 is 6.09 Å². The first-order valence-corrected chi connectivity index (χ1v) is 9.36. The monoisotopic (exact) mass is 369 g/mol. The van der Waals surface area contributed by atoms with Crippen LogP contribution < -0.4 is 5.32 Å². The number of rotatable bonds is 4. The Kier molecular flexibility index (Phi) is 5.88. The molecule has 7 nitrogen and oxygen atoms in total. The Morgan fingerprint density at radius 3 is 2.85 bits per heavy atom. The molecule has 144 valence electrons. The smallest absolute Gasteiger partial charge is 0.410 e. The number of anilines is 2. The van der Waals surface area contributed by atoms with Crippen molar-refractivity contribution in [3.05, 3.63) is 42.5 Å². The summed E-state index contributed by atoms with van der Waals surface area (Å²) in [7, 11) is 0. The summed E-state index contributed by atoms with van der Waals surface area (Å²) < 4.78 is 5.51. The number of carbonyl (C=O) groups excluding carboxylic acids is 1. The molecule has 0 aliphatic carbocycles. The maximum absolute atomic E-state index is 12.3. The van der Waals surface area contributed by atoms with Crippen molar-refractivity contribution < 1.29 is 9.53 Å². The quantitative estimate of drug-likeness (QED) is 0.883. The van der Waals surface area contributed by atoms with Gasteiger partial charge in [-0.25, -0.2) is 19.7 Å². The van der Waals surface area contributed by atoms with Crippen LogP contribution >= 0.6 is 0 Å². The number of ether oxygens (including phenoxy) is 1. The van der Waals surface area contributed by atoms with Gasteiger partial charge in [0.05, 0.1) is 0 Å². The third-order valence-corrected chi connectivity index (χ3v) is 4.31. The van der Waals surface area contributed by atoms with Gasteiger partial charge in [-0.2, -0.15) is 0 Å². The molecule has 2 aromatic rings. The van der Waals surface area contributed by atoms with Crippen LogP contribution in [0.3, 0.4) is 0 Å². The van der Waals surface area contributed by atoms with Crippen molar-refractivity contribution in [1.82, 2.24) is 19.9 Å². The van der Waals surface area contributed by atoms with Crippen molar-refractivity contribution in [2.24, 2.45) is 5.92 Å². The molecule has 7 heteroatoms. The zero-order valence-corrected chi connectivity index (χ0v) is 16.2. The fourth-order valence-electron chi connectivity index (χ4n) is 3.17. The summed E-state index contributed by atoms with van der Waals surface area (Å²) in [6.45, 7) is 7.12. The van der Waals surface area contributed by atoms with E-state index in [1.54, 1.807) is 12.5 Å². The third kappa shape index (κ3) is 5.91. The highest BCUT2D eigenvalue weighted by molar-refractivity contribution is 5.68. The molecular formula is C20H27N5O2. The number of nitrogens with one attached hydrogen (secondary N) is 1. The summed E-state index contributed by atoms with van der Waals surface area (Å²) in [6.07, 6.45) is 5.93. The number of amides is 1. The van der Waals surface area contributed by atoms with Crippen LogP contribution in [0.2, 0.25) is 0 Å². The lowest BCUT2D eigenvalue weighted by Gasteiger charge is -2.34. The first-order valence-electron chi connectivity index (χ1n) is 9.36. The summed E-state index contributed by atoms with van der Waals surface area (Å²) in [5.41, 5.74) is 0.488. The van der Waals surface area contributed by atoms with Gasteiger partial charge in [0, 0.05) is 31.0 Å². The van der Waals surface area contributed by atoms with Crippen LogP contribution in [0.1, 0.15) is 39.3 Å². The topological polar surface area (TPSA) is 80.2 Å². The average molecular weight is 369 g/mol. The number of aromatic nitrogens is 3. The summed E-state index contributed by atoms with van der Waals surface area (Å²) >= 11 is 0. The molecule has 0 spiro atoms. The van der Waals surface area contributed by atoms with E-state index in [1.807, 2.05) is 49.9 Å². The lowest BCUT2D eigenvalue weighted by Crippen LogP contribution is -2.43. The molecule has 1 aliphatic rings. The molecule has 1 atom stereocenters. The molecule has 0 bridgehead atoms. The Bertz CT molecular complexity index is 760. The zero-order valence-electron chi connectivity index (χ0n) is 16.2. The average Bonchev–Trinajstić information content (AvgIpc) is 2.62. The Hall–Kier alpha value is -2.70. The number of pyridine rings is 1. The molecule has 0 unspecified atom stereocenters. The van der Waals surface area contributed by atoms with Crippen LogP contribution in [0.15, 0.2) is 36.8 Å². The van der Waals surface area contributed by atoms with E-state index in [4.69, 9.17) is 4.74 Å². The van der Waals surface area contributed by atoms with E-state index < -0.39 is 5.60 Å². The van der Waals surface area contributed by atoms with Crippen molar-refractivity contribution >= 4 is 17.7 Å². The summed E-state index contributed by atoms with van der Waals surface area (Å²) in [5.74, 6) is 1.83. The SMILES string of the molecule is CC(C)(C)OC(=O)N1CCC[C@@H](Cc2cc(Nc3ccccn3)ncn2)C1. The van der Waals surface area contributed by atoms with E-state index >= 15 is 0 Å². The van der Waals surface area contributed by atoms with Crippen molar-refractivity contribution in [2.75, 3.05) is 18.4 Å². The van der Waals surface area contributed by atoms with Crippen molar-refractivity contribution in [3.63, 3.8) is 0 Å². The fourth-order valence-corrected chi connectivity index (χ4v) is 3.17. The molecule has 1 amide bonds. The predicted molar refractivity (Wildman–Crippen MR) is 104 cm³/mol. The molecule has 1 saturated heterocycles. The fraction of sp³-hybridized carbons (Fsp3) is 0.500.